The highest BCUT2D eigenvalue weighted by molar-refractivity contribution is 5.81. The summed E-state index contributed by atoms with van der Waals surface area (Å²) in [6, 6.07) is 12.1. The predicted octanol–water partition coefficient (Wildman–Crippen LogP) is 3.68. The molecule has 0 saturated carbocycles. The van der Waals surface area contributed by atoms with Crippen molar-refractivity contribution >= 4 is 23.4 Å². The van der Waals surface area contributed by atoms with Crippen molar-refractivity contribution in [1.29, 1.82) is 0 Å². The average molecular weight is 564 g/mol. The number of rotatable bonds is 10. The van der Waals surface area contributed by atoms with Crippen LogP contribution in [0.5, 0.6) is 0 Å². The molecular formula is C32H45N5O4. The Morgan fingerprint density at radius 1 is 1.15 bits per heavy atom. The number of anilines is 2. The van der Waals surface area contributed by atoms with Gasteiger partial charge in [-0.05, 0) is 94.8 Å². The van der Waals surface area contributed by atoms with Gasteiger partial charge in [0.15, 0.2) is 0 Å². The zero-order valence-electron chi connectivity index (χ0n) is 24.5. The van der Waals surface area contributed by atoms with E-state index in [0.29, 0.717) is 12.1 Å². The molecular weight excluding hydrogens is 518 g/mol. The summed E-state index contributed by atoms with van der Waals surface area (Å²) >= 11 is 0. The van der Waals surface area contributed by atoms with Gasteiger partial charge in [-0.2, -0.15) is 0 Å². The number of nitrogens with zero attached hydrogens (tertiary/aromatic N) is 3. The van der Waals surface area contributed by atoms with Gasteiger partial charge in [0.05, 0.1) is 24.0 Å². The Morgan fingerprint density at radius 3 is 2.78 bits per heavy atom. The topological polar surface area (TPSA) is 107 Å². The highest BCUT2D eigenvalue weighted by atomic mass is 16.5. The normalized spacial score (nSPS) is 23.8. The summed E-state index contributed by atoms with van der Waals surface area (Å²) in [5, 5.41) is 16.4. The third kappa shape index (κ3) is 7.77. The van der Waals surface area contributed by atoms with Crippen LogP contribution in [0.3, 0.4) is 0 Å². The van der Waals surface area contributed by atoms with E-state index in [4.69, 9.17) is 9.72 Å². The lowest BCUT2D eigenvalue weighted by molar-refractivity contribution is -0.138. The maximum atomic E-state index is 13.2. The first kappa shape index (κ1) is 29.3. The van der Waals surface area contributed by atoms with E-state index in [-0.39, 0.29) is 30.6 Å². The standard InChI is InChI=1S/C32H45N5O4/c1-22-19-37(20-23(2)41-22)28-11-3-7-25(17-28)29(32(39)40)18-34-31(38)26-9-5-15-36(21-26)16-6-10-27-13-12-24-8-4-14-33-30(24)35-27/h3,7,11-13,17,22-23,26,29H,4-6,8-10,14-16,18-21H2,1-2H3,(H,33,35)(H,34,38)(H,39,40)/t22-,23+,26-,29-/m1/s1. The van der Waals surface area contributed by atoms with Gasteiger partial charge in [-0.1, -0.05) is 18.2 Å². The minimum Gasteiger partial charge on any atom is -0.481 e. The number of ether oxygens (including phenoxy) is 1. The van der Waals surface area contributed by atoms with E-state index in [9.17, 15) is 14.7 Å². The SMILES string of the molecule is C[C@@H]1CN(c2cccc([C@@H](CNC(=O)[C@@H]3CCCN(CCCc4ccc5c(n4)NCCC5)C3)C(=O)O)c2)C[C@H](C)O1. The van der Waals surface area contributed by atoms with Crippen molar-refractivity contribution in [3.63, 3.8) is 0 Å². The molecule has 0 unspecified atom stereocenters. The number of likely N-dealkylation sites (tertiary alicyclic amines) is 1. The summed E-state index contributed by atoms with van der Waals surface area (Å²) in [6.45, 7) is 9.35. The van der Waals surface area contributed by atoms with Crippen LogP contribution in [0.1, 0.15) is 62.3 Å². The number of aryl methyl sites for hydroxylation is 2. The Bertz CT molecular complexity index is 1200. The Morgan fingerprint density at radius 2 is 1.98 bits per heavy atom. The van der Waals surface area contributed by atoms with Crippen molar-refractivity contribution in [2.75, 3.05) is 56.0 Å². The van der Waals surface area contributed by atoms with Crippen molar-refractivity contribution < 1.29 is 19.4 Å². The zero-order chi connectivity index (χ0) is 28.8. The number of piperidine rings is 1. The second kappa shape index (κ2) is 13.7. The first-order valence-electron chi connectivity index (χ1n) is 15.3. The largest absolute Gasteiger partial charge is 0.481 e. The van der Waals surface area contributed by atoms with Crippen LogP contribution >= 0.6 is 0 Å². The second-order valence-electron chi connectivity index (χ2n) is 12.0. The highest BCUT2D eigenvalue weighted by Crippen LogP contribution is 2.26. The van der Waals surface area contributed by atoms with Gasteiger partial charge in [-0.15, -0.1) is 0 Å². The number of hydrogen-bond acceptors (Lipinski definition) is 7. The quantitative estimate of drug-likeness (QED) is 0.402. The fraction of sp³-hybridized carbons (Fsp3) is 0.594. The van der Waals surface area contributed by atoms with E-state index < -0.39 is 11.9 Å². The molecule has 9 heteroatoms. The minimum atomic E-state index is -0.928. The van der Waals surface area contributed by atoms with Gasteiger partial charge in [0, 0.05) is 44.1 Å². The van der Waals surface area contributed by atoms with Crippen LogP contribution in [-0.2, 0) is 27.2 Å². The molecule has 4 atom stereocenters. The van der Waals surface area contributed by atoms with Gasteiger partial charge in [-0.25, -0.2) is 4.98 Å². The summed E-state index contributed by atoms with van der Waals surface area (Å²) in [5.41, 5.74) is 4.13. The lowest BCUT2D eigenvalue weighted by Crippen LogP contribution is -2.45. The fourth-order valence-electron chi connectivity index (χ4n) is 6.49. The first-order valence-corrected chi connectivity index (χ1v) is 15.3. The number of aliphatic carboxylic acids is 1. The van der Waals surface area contributed by atoms with Crippen LogP contribution in [0.2, 0.25) is 0 Å². The van der Waals surface area contributed by atoms with Crippen molar-refractivity contribution in [2.45, 2.75) is 70.5 Å². The minimum absolute atomic E-state index is 0.0460. The summed E-state index contributed by atoms with van der Waals surface area (Å²) in [6.07, 6.45) is 6.22. The smallest absolute Gasteiger partial charge is 0.312 e. The molecule has 3 aliphatic heterocycles. The molecule has 0 aliphatic carbocycles. The number of fused-ring (bicyclic) bond motifs is 1. The molecule has 2 fully saturated rings. The average Bonchev–Trinajstić information content (AvgIpc) is 2.97. The molecule has 2 aromatic rings. The van der Waals surface area contributed by atoms with Crippen molar-refractivity contribution in [3.05, 3.63) is 53.2 Å². The van der Waals surface area contributed by atoms with Crippen molar-refractivity contribution in [2.24, 2.45) is 5.92 Å². The predicted molar refractivity (Wildman–Crippen MR) is 161 cm³/mol. The molecule has 0 radical (unpaired) electrons. The van der Waals surface area contributed by atoms with Gasteiger partial charge in [0.1, 0.15) is 5.82 Å². The van der Waals surface area contributed by atoms with E-state index in [1.807, 2.05) is 24.3 Å². The van der Waals surface area contributed by atoms with Crippen LogP contribution in [0.4, 0.5) is 11.5 Å². The van der Waals surface area contributed by atoms with E-state index in [0.717, 1.165) is 88.4 Å². The van der Waals surface area contributed by atoms with Gasteiger partial charge in [0.25, 0.3) is 0 Å². The molecule has 4 heterocycles. The molecule has 1 aromatic carbocycles. The molecule has 2 saturated heterocycles. The van der Waals surface area contributed by atoms with Gasteiger partial charge in [-0.3, -0.25) is 9.59 Å². The van der Waals surface area contributed by atoms with Crippen LogP contribution in [0, 0.1) is 5.92 Å². The summed E-state index contributed by atoms with van der Waals surface area (Å²) in [7, 11) is 0. The Kier molecular flexibility index (Phi) is 9.77. The lowest BCUT2D eigenvalue weighted by Gasteiger charge is -2.37. The number of amides is 1. The molecule has 0 spiro atoms. The molecule has 9 nitrogen and oxygen atoms in total. The van der Waals surface area contributed by atoms with E-state index in [1.54, 1.807) is 0 Å². The summed E-state index contributed by atoms with van der Waals surface area (Å²) in [5.74, 6) is -0.849. The number of aromatic nitrogens is 1. The molecule has 222 valence electrons. The third-order valence-corrected chi connectivity index (χ3v) is 8.57. The molecule has 1 aromatic heterocycles. The molecule has 5 rings (SSSR count). The maximum Gasteiger partial charge on any atom is 0.312 e. The number of carboxylic acid groups (broad SMARTS) is 1. The summed E-state index contributed by atoms with van der Waals surface area (Å²) in [4.78, 5) is 34.8. The molecule has 3 N–H and O–H groups in total. The van der Waals surface area contributed by atoms with Gasteiger partial charge in [0.2, 0.25) is 5.91 Å². The number of carbonyl (C=O) groups is 2. The Balaban J connectivity index is 1.11. The number of carboxylic acids is 1. The lowest BCUT2D eigenvalue weighted by atomic mass is 9.95. The van der Waals surface area contributed by atoms with Crippen LogP contribution < -0.4 is 15.5 Å². The van der Waals surface area contributed by atoms with E-state index in [1.165, 1.54) is 5.56 Å². The maximum absolute atomic E-state index is 13.2. The number of carbonyl (C=O) groups excluding carboxylic acids is 1. The number of benzene rings is 1. The second-order valence-corrected chi connectivity index (χ2v) is 12.0. The Labute approximate surface area is 243 Å². The van der Waals surface area contributed by atoms with Crippen molar-refractivity contribution in [1.82, 2.24) is 15.2 Å². The molecule has 3 aliphatic rings. The molecule has 1 amide bonds. The highest BCUT2D eigenvalue weighted by Gasteiger charge is 2.29. The zero-order valence-corrected chi connectivity index (χ0v) is 24.5. The third-order valence-electron chi connectivity index (χ3n) is 8.57. The molecule has 0 bridgehead atoms. The number of nitrogens with one attached hydrogen (secondary N) is 2. The molecule has 41 heavy (non-hydrogen) atoms. The Hall–Kier alpha value is -3.17. The van der Waals surface area contributed by atoms with Gasteiger partial charge >= 0.3 is 5.97 Å². The number of hydrogen-bond donors (Lipinski definition) is 3. The van der Waals surface area contributed by atoms with Crippen molar-refractivity contribution in [3.8, 4) is 0 Å². The van der Waals surface area contributed by atoms with Crippen LogP contribution in [0.15, 0.2) is 36.4 Å². The van der Waals surface area contributed by atoms with E-state index >= 15 is 0 Å². The first-order chi connectivity index (χ1) is 19.9. The van der Waals surface area contributed by atoms with Crippen LogP contribution in [0.25, 0.3) is 0 Å². The van der Waals surface area contributed by atoms with Crippen LogP contribution in [-0.4, -0.2) is 84.9 Å². The van der Waals surface area contributed by atoms with E-state index in [2.05, 4.69) is 46.4 Å². The fourth-order valence-corrected chi connectivity index (χ4v) is 6.49. The number of pyridine rings is 1. The van der Waals surface area contributed by atoms with Gasteiger partial charge < -0.3 is 30.3 Å². The number of morpholine rings is 1. The monoisotopic (exact) mass is 563 g/mol. The summed E-state index contributed by atoms with van der Waals surface area (Å²) < 4.78 is 5.85.